The molecule has 88 valence electrons. The summed E-state index contributed by atoms with van der Waals surface area (Å²) in [4.78, 5) is 34.4. The molecule has 0 radical (unpaired) electrons. The molecule has 5 nitrogen and oxygen atoms in total. The Kier molecular flexibility index (Phi) is 3.16. The third kappa shape index (κ3) is 1.98. The van der Waals surface area contributed by atoms with Crippen molar-refractivity contribution in [2.24, 2.45) is 5.41 Å². The Morgan fingerprint density at radius 3 is 2.25 bits per heavy atom. The topological polar surface area (TPSA) is 69.7 Å². The zero-order valence-electron chi connectivity index (χ0n) is 9.75. The van der Waals surface area contributed by atoms with E-state index in [-0.39, 0.29) is 17.8 Å². The summed E-state index contributed by atoms with van der Waals surface area (Å²) in [6.07, 6.45) is 0. The van der Waals surface area contributed by atoms with E-state index in [9.17, 15) is 14.4 Å². The Labute approximate surface area is 93.4 Å². The van der Waals surface area contributed by atoms with Crippen LogP contribution in [0.25, 0.3) is 0 Å². The van der Waals surface area contributed by atoms with Crippen molar-refractivity contribution in [3.05, 3.63) is 11.1 Å². The number of rotatable bonds is 2. The smallest absolute Gasteiger partial charge is 0.342 e. The van der Waals surface area contributed by atoms with Gasteiger partial charge in [0.15, 0.2) is 5.78 Å². The van der Waals surface area contributed by atoms with E-state index in [4.69, 9.17) is 4.74 Å². The lowest BCUT2D eigenvalue weighted by Gasteiger charge is -2.16. The average molecular weight is 226 g/mol. The third-order valence-electron chi connectivity index (χ3n) is 2.44. The van der Waals surface area contributed by atoms with E-state index in [1.54, 1.807) is 13.8 Å². The van der Waals surface area contributed by atoms with Crippen molar-refractivity contribution in [2.75, 3.05) is 13.7 Å². The minimum Gasteiger partial charge on any atom is -0.465 e. The van der Waals surface area contributed by atoms with Gasteiger partial charge in [-0.15, -0.1) is 0 Å². The standard InChI is InChI=1S/C11H14O5/c1-6(12)7(9(13)15-4)8-10(14)16-5-11(8,2)3/h5H2,1-4H3. The van der Waals surface area contributed by atoms with Crippen molar-refractivity contribution in [2.45, 2.75) is 20.8 Å². The SMILES string of the molecule is COC(=O)C(C(C)=O)=C1C(=O)OCC1(C)C. The van der Waals surface area contributed by atoms with Gasteiger partial charge in [0.2, 0.25) is 0 Å². The Morgan fingerprint density at radius 2 is 1.94 bits per heavy atom. The fourth-order valence-corrected chi connectivity index (χ4v) is 1.63. The first-order valence-corrected chi connectivity index (χ1v) is 4.82. The molecule has 0 saturated carbocycles. The summed E-state index contributed by atoms with van der Waals surface area (Å²) in [5.74, 6) is -1.91. The van der Waals surface area contributed by atoms with E-state index in [1.165, 1.54) is 14.0 Å². The second-order valence-electron chi connectivity index (χ2n) is 4.26. The highest BCUT2D eigenvalue weighted by Crippen LogP contribution is 2.36. The lowest BCUT2D eigenvalue weighted by atomic mass is 9.83. The second-order valence-corrected chi connectivity index (χ2v) is 4.26. The van der Waals surface area contributed by atoms with Crippen molar-refractivity contribution in [1.82, 2.24) is 0 Å². The molecule has 1 saturated heterocycles. The predicted molar refractivity (Wildman–Crippen MR) is 54.5 cm³/mol. The van der Waals surface area contributed by atoms with Crippen LogP contribution in [0.15, 0.2) is 11.1 Å². The lowest BCUT2D eigenvalue weighted by Crippen LogP contribution is -2.23. The molecule has 0 aromatic rings. The summed E-state index contributed by atoms with van der Waals surface area (Å²) >= 11 is 0. The summed E-state index contributed by atoms with van der Waals surface area (Å²) in [6.45, 7) is 4.86. The van der Waals surface area contributed by atoms with Gasteiger partial charge in [-0.2, -0.15) is 0 Å². The van der Waals surface area contributed by atoms with Gasteiger partial charge in [0.25, 0.3) is 0 Å². The van der Waals surface area contributed by atoms with Crippen molar-refractivity contribution >= 4 is 17.7 Å². The Morgan fingerprint density at radius 1 is 1.38 bits per heavy atom. The van der Waals surface area contributed by atoms with Crippen LogP contribution in [0.2, 0.25) is 0 Å². The van der Waals surface area contributed by atoms with E-state index in [0.29, 0.717) is 0 Å². The average Bonchev–Trinajstić information content (AvgIpc) is 2.44. The van der Waals surface area contributed by atoms with Gasteiger partial charge >= 0.3 is 11.9 Å². The molecule has 16 heavy (non-hydrogen) atoms. The summed E-state index contributed by atoms with van der Waals surface area (Å²) in [6, 6.07) is 0. The predicted octanol–water partition coefficient (Wildman–Crippen LogP) is 0.628. The summed E-state index contributed by atoms with van der Waals surface area (Å²) in [5.41, 5.74) is -0.756. The number of hydrogen-bond acceptors (Lipinski definition) is 5. The molecule has 0 aliphatic carbocycles. The van der Waals surface area contributed by atoms with Crippen LogP contribution in [0.5, 0.6) is 0 Å². The Balaban J connectivity index is 3.41. The first-order chi connectivity index (χ1) is 7.31. The van der Waals surface area contributed by atoms with E-state index >= 15 is 0 Å². The van der Waals surface area contributed by atoms with Crippen molar-refractivity contribution in [3.63, 3.8) is 0 Å². The number of ether oxygens (including phenoxy) is 2. The molecule has 0 aromatic heterocycles. The van der Waals surface area contributed by atoms with E-state index < -0.39 is 23.1 Å². The molecule has 0 spiro atoms. The van der Waals surface area contributed by atoms with Gasteiger partial charge in [0.05, 0.1) is 12.7 Å². The van der Waals surface area contributed by atoms with Gasteiger partial charge in [0, 0.05) is 5.41 Å². The molecular weight excluding hydrogens is 212 g/mol. The van der Waals surface area contributed by atoms with Gasteiger partial charge in [-0.05, 0) is 6.92 Å². The quantitative estimate of drug-likeness (QED) is 0.299. The number of methoxy groups -OCH3 is 1. The second kappa shape index (κ2) is 4.08. The van der Waals surface area contributed by atoms with Crippen LogP contribution < -0.4 is 0 Å². The lowest BCUT2D eigenvalue weighted by molar-refractivity contribution is -0.139. The monoisotopic (exact) mass is 226 g/mol. The van der Waals surface area contributed by atoms with Gasteiger partial charge in [-0.3, -0.25) is 4.79 Å². The highest BCUT2D eigenvalue weighted by Gasteiger charge is 2.43. The van der Waals surface area contributed by atoms with Gasteiger partial charge in [-0.1, -0.05) is 13.8 Å². The molecule has 0 bridgehead atoms. The Hall–Kier alpha value is -1.65. The zero-order valence-corrected chi connectivity index (χ0v) is 9.75. The van der Waals surface area contributed by atoms with Crippen LogP contribution in [0, 0.1) is 5.41 Å². The maximum Gasteiger partial charge on any atom is 0.342 e. The molecule has 1 aliphatic heterocycles. The third-order valence-corrected chi connectivity index (χ3v) is 2.44. The first-order valence-electron chi connectivity index (χ1n) is 4.82. The van der Waals surface area contributed by atoms with Crippen molar-refractivity contribution in [3.8, 4) is 0 Å². The van der Waals surface area contributed by atoms with Gasteiger partial charge in [0.1, 0.15) is 12.2 Å². The number of esters is 2. The Bertz CT molecular complexity index is 389. The molecule has 5 heteroatoms. The minimum atomic E-state index is -0.797. The molecule has 1 heterocycles. The fourth-order valence-electron chi connectivity index (χ4n) is 1.63. The zero-order chi connectivity index (χ0) is 12.5. The number of Topliss-reactive ketones (excluding diaryl/α,β-unsaturated/α-hetero) is 1. The molecule has 1 aliphatic rings. The van der Waals surface area contributed by atoms with Crippen molar-refractivity contribution in [1.29, 1.82) is 0 Å². The molecule has 0 unspecified atom stereocenters. The normalized spacial score (nSPS) is 21.4. The highest BCUT2D eigenvalue weighted by atomic mass is 16.5. The molecule has 1 fully saturated rings. The van der Waals surface area contributed by atoms with E-state index in [2.05, 4.69) is 4.74 Å². The number of cyclic esters (lactones) is 1. The number of carbonyl (C=O) groups is 3. The van der Waals surface area contributed by atoms with E-state index in [1.807, 2.05) is 0 Å². The van der Waals surface area contributed by atoms with Crippen molar-refractivity contribution < 1.29 is 23.9 Å². The van der Waals surface area contributed by atoms with Crippen LogP contribution in [-0.2, 0) is 23.9 Å². The summed E-state index contributed by atoms with van der Waals surface area (Å²) in [7, 11) is 1.17. The van der Waals surface area contributed by atoms with E-state index in [0.717, 1.165) is 0 Å². The van der Waals surface area contributed by atoms with Crippen LogP contribution in [0.4, 0.5) is 0 Å². The molecule has 1 rings (SSSR count). The molecular formula is C11H14O5. The number of hydrogen-bond donors (Lipinski definition) is 0. The maximum atomic E-state index is 11.5. The summed E-state index contributed by atoms with van der Waals surface area (Å²) in [5, 5.41) is 0. The van der Waals surface area contributed by atoms with Crippen LogP contribution in [0.3, 0.4) is 0 Å². The van der Waals surface area contributed by atoms with Crippen LogP contribution in [0.1, 0.15) is 20.8 Å². The number of carbonyl (C=O) groups excluding carboxylic acids is 3. The highest BCUT2D eigenvalue weighted by molar-refractivity contribution is 6.21. The molecule has 0 amide bonds. The van der Waals surface area contributed by atoms with Gasteiger partial charge in [-0.25, -0.2) is 9.59 Å². The molecule has 0 N–H and O–H groups in total. The van der Waals surface area contributed by atoms with Crippen LogP contribution >= 0.6 is 0 Å². The fraction of sp³-hybridized carbons (Fsp3) is 0.545. The largest absolute Gasteiger partial charge is 0.465 e. The van der Waals surface area contributed by atoms with Gasteiger partial charge < -0.3 is 9.47 Å². The molecule has 0 atom stereocenters. The van der Waals surface area contributed by atoms with Crippen LogP contribution in [-0.4, -0.2) is 31.4 Å². The number of ketones is 1. The molecule has 0 aromatic carbocycles. The minimum absolute atomic E-state index is 0.104. The first kappa shape index (κ1) is 12.4. The summed E-state index contributed by atoms with van der Waals surface area (Å²) < 4.78 is 9.35. The maximum absolute atomic E-state index is 11.5.